The molecule has 1 aliphatic heterocycles. The summed E-state index contributed by atoms with van der Waals surface area (Å²) in [5, 5.41) is 10.2. The van der Waals surface area contributed by atoms with Gasteiger partial charge >= 0.3 is 16.3 Å². The van der Waals surface area contributed by atoms with E-state index in [1.807, 2.05) is 6.07 Å². The fraction of sp³-hybridized carbons (Fsp3) is 0.500. The third-order valence-electron chi connectivity index (χ3n) is 4.78. The van der Waals surface area contributed by atoms with Crippen LogP contribution in [0.1, 0.15) is 33.6 Å². The Bertz CT molecular complexity index is 1070. The lowest BCUT2D eigenvalue weighted by Crippen LogP contribution is -2.56. The summed E-state index contributed by atoms with van der Waals surface area (Å²) in [6.45, 7) is 5.74. The molecule has 0 bridgehead atoms. The van der Waals surface area contributed by atoms with Crippen molar-refractivity contribution in [2.45, 2.75) is 45.2 Å². The second-order valence-electron chi connectivity index (χ2n) is 8.02. The van der Waals surface area contributed by atoms with Crippen LogP contribution in [0.3, 0.4) is 0 Å². The number of rotatable bonds is 4. The smallest absolute Gasteiger partial charge is 0.422 e. The molecule has 158 valence electrons. The number of H-pyrrole nitrogens is 1. The molecular formula is C18H25N5O5S. The van der Waals surface area contributed by atoms with Crippen LogP contribution in [0.2, 0.25) is 0 Å². The molecule has 3 rings (SSSR count). The molecule has 3 heterocycles. The fourth-order valence-corrected chi connectivity index (χ4v) is 5.26. The second kappa shape index (κ2) is 7.64. The highest BCUT2D eigenvalue weighted by Crippen LogP contribution is 2.27. The molecule has 0 radical (unpaired) electrons. The van der Waals surface area contributed by atoms with Crippen molar-refractivity contribution in [1.82, 2.24) is 19.0 Å². The number of nitrogens with zero attached hydrogens (tertiary/aromatic N) is 3. The standard InChI is InChI=1S/C18H25N5O5S/c1-18(2,3)23(17(25)26)29(27,28)21-12-7-10-22(11-8-12)14-6-9-19-16-13(14)4-5-15(24)20-16/h4-6,9,12,21H,7-8,10-11H2,1-3H3,(H,25,26)(H,19,20,24). The summed E-state index contributed by atoms with van der Waals surface area (Å²) in [7, 11) is -4.18. The summed E-state index contributed by atoms with van der Waals surface area (Å²) in [6.07, 6.45) is 1.14. The van der Waals surface area contributed by atoms with Crippen molar-refractivity contribution in [1.29, 1.82) is 0 Å². The van der Waals surface area contributed by atoms with Crippen LogP contribution in [-0.2, 0) is 10.2 Å². The van der Waals surface area contributed by atoms with Gasteiger partial charge in [0.25, 0.3) is 0 Å². The van der Waals surface area contributed by atoms with Gasteiger partial charge in [0.15, 0.2) is 0 Å². The number of carboxylic acid groups (broad SMARTS) is 1. The minimum absolute atomic E-state index is 0.225. The van der Waals surface area contributed by atoms with Crippen molar-refractivity contribution >= 4 is 33.0 Å². The maximum Gasteiger partial charge on any atom is 0.422 e. The minimum Gasteiger partial charge on any atom is -0.464 e. The molecule has 0 aliphatic carbocycles. The van der Waals surface area contributed by atoms with Crippen molar-refractivity contribution in [2.24, 2.45) is 0 Å². The van der Waals surface area contributed by atoms with Crippen LogP contribution in [0, 0.1) is 0 Å². The Kier molecular flexibility index (Phi) is 5.54. The fourth-order valence-electron chi connectivity index (χ4n) is 3.57. The average molecular weight is 423 g/mol. The van der Waals surface area contributed by atoms with E-state index in [2.05, 4.69) is 19.6 Å². The lowest BCUT2D eigenvalue weighted by molar-refractivity contribution is 0.145. The van der Waals surface area contributed by atoms with Crippen molar-refractivity contribution in [3.05, 3.63) is 34.7 Å². The van der Waals surface area contributed by atoms with E-state index < -0.39 is 21.8 Å². The Morgan fingerprint density at radius 3 is 2.52 bits per heavy atom. The van der Waals surface area contributed by atoms with E-state index in [0.717, 1.165) is 11.1 Å². The maximum absolute atomic E-state index is 12.6. The highest BCUT2D eigenvalue weighted by molar-refractivity contribution is 7.87. The SMILES string of the molecule is CC(C)(C)N(C(=O)O)S(=O)(=O)NC1CCN(c2ccnc3[nH]c(=O)ccc23)CC1. The van der Waals surface area contributed by atoms with E-state index in [1.54, 1.807) is 12.3 Å². The zero-order valence-corrected chi connectivity index (χ0v) is 17.4. The second-order valence-corrected chi connectivity index (χ2v) is 9.57. The number of piperidine rings is 1. The summed E-state index contributed by atoms with van der Waals surface area (Å²) >= 11 is 0. The van der Waals surface area contributed by atoms with Gasteiger partial charge in [-0.3, -0.25) is 4.79 Å². The van der Waals surface area contributed by atoms with E-state index in [9.17, 15) is 23.1 Å². The normalized spacial score (nSPS) is 16.2. The molecule has 2 aromatic rings. The first kappa shape index (κ1) is 21.1. The highest BCUT2D eigenvalue weighted by atomic mass is 32.2. The number of nitrogens with one attached hydrogen (secondary N) is 2. The molecule has 3 N–H and O–H groups in total. The summed E-state index contributed by atoms with van der Waals surface area (Å²) < 4.78 is 28.2. The number of anilines is 1. The van der Waals surface area contributed by atoms with Crippen molar-refractivity contribution in [2.75, 3.05) is 18.0 Å². The molecule has 0 spiro atoms. The van der Waals surface area contributed by atoms with Crippen LogP contribution in [-0.4, -0.2) is 58.6 Å². The number of pyridine rings is 2. The van der Waals surface area contributed by atoms with E-state index in [0.29, 0.717) is 35.9 Å². The largest absolute Gasteiger partial charge is 0.464 e. The Hall–Kier alpha value is -2.66. The number of aromatic nitrogens is 2. The molecule has 10 nitrogen and oxygen atoms in total. The summed E-state index contributed by atoms with van der Waals surface area (Å²) in [5.74, 6) is 0. The Labute approximate surface area is 168 Å². The Morgan fingerprint density at radius 1 is 1.28 bits per heavy atom. The van der Waals surface area contributed by atoms with Crippen molar-refractivity contribution in [3.8, 4) is 0 Å². The molecule has 0 aromatic carbocycles. The van der Waals surface area contributed by atoms with Crippen LogP contribution < -0.4 is 15.2 Å². The number of aromatic amines is 1. The van der Waals surface area contributed by atoms with Gasteiger partial charge in [0.1, 0.15) is 5.65 Å². The molecule has 1 aliphatic rings. The first-order chi connectivity index (χ1) is 13.5. The van der Waals surface area contributed by atoms with E-state index in [1.165, 1.54) is 26.8 Å². The molecule has 0 unspecified atom stereocenters. The van der Waals surface area contributed by atoms with Gasteiger partial charge in [-0.05, 0) is 45.7 Å². The van der Waals surface area contributed by atoms with Gasteiger partial charge in [-0.15, -0.1) is 0 Å². The molecule has 2 aromatic heterocycles. The molecule has 29 heavy (non-hydrogen) atoms. The Balaban J connectivity index is 1.73. The third-order valence-corrected chi connectivity index (χ3v) is 6.60. The molecule has 1 fully saturated rings. The first-order valence-corrected chi connectivity index (χ1v) is 10.7. The highest BCUT2D eigenvalue weighted by Gasteiger charge is 2.38. The molecular weight excluding hydrogens is 398 g/mol. The number of fused-ring (bicyclic) bond motifs is 1. The van der Waals surface area contributed by atoms with Crippen molar-refractivity contribution < 1.29 is 18.3 Å². The van der Waals surface area contributed by atoms with E-state index >= 15 is 0 Å². The first-order valence-electron chi connectivity index (χ1n) is 9.27. The van der Waals surface area contributed by atoms with Gasteiger partial charge in [0, 0.05) is 42.5 Å². The zero-order valence-electron chi connectivity index (χ0n) is 16.5. The van der Waals surface area contributed by atoms with Crippen LogP contribution in [0.25, 0.3) is 11.0 Å². The van der Waals surface area contributed by atoms with Crippen LogP contribution in [0.4, 0.5) is 10.5 Å². The molecule has 1 saturated heterocycles. The molecule has 11 heteroatoms. The lowest BCUT2D eigenvalue weighted by Gasteiger charge is -2.37. The van der Waals surface area contributed by atoms with Crippen LogP contribution in [0.5, 0.6) is 0 Å². The Morgan fingerprint density at radius 2 is 1.93 bits per heavy atom. The van der Waals surface area contributed by atoms with Crippen LogP contribution in [0.15, 0.2) is 29.2 Å². The number of hydrogen-bond acceptors (Lipinski definition) is 6. The monoisotopic (exact) mass is 423 g/mol. The lowest BCUT2D eigenvalue weighted by atomic mass is 10.0. The van der Waals surface area contributed by atoms with Gasteiger partial charge in [0.2, 0.25) is 5.56 Å². The summed E-state index contributed by atoms with van der Waals surface area (Å²) in [4.78, 5) is 32.0. The third kappa shape index (κ3) is 4.51. The van der Waals surface area contributed by atoms with Crippen molar-refractivity contribution in [3.63, 3.8) is 0 Å². The molecule has 1 amide bonds. The molecule has 0 saturated carbocycles. The average Bonchev–Trinajstić information content (AvgIpc) is 2.59. The minimum atomic E-state index is -4.18. The van der Waals surface area contributed by atoms with Gasteiger partial charge < -0.3 is 15.0 Å². The number of amides is 1. The van der Waals surface area contributed by atoms with Crippen LogP contribution >= 0.6 is 0 Å². The summed E-state index contributed by atoms with van der Waals surface area (Å²) in [6, 6.07) is 4.66. The van der Waals surface area contributed by atoms with Gasteiger partial charge in [-0.2, -0.15) is 17.4 Å². The number of hydrogen-bond donors (Lipinski definition) is 3. The topological polar surface area (TPSA) is 136 Å². The zero-order chi connectivity index (χ0) is 21.4. The van der Waals surface area contributed by atoms with E-state index in [-0.39, 0.29) is 11.6 Å². The maximum atomic E-state index is 12.6. The van der Waals surface area contributed by atoms with Gasteiger partial charge in [0.05, 0.1) is 5.54 Å². The predicted molar refractivity (Wildman–Crippen MR) is 109 cm³/mol. The number of carbonyl (C=O) groups is 1. The predicted octanol–water partition coefficient (Wildman–Crippen LogP) is 1.50. The molecule has 0 atom stereocenters. The van der Waals surface area contributed by atoms with Gasteiger partial charge in [-0.25, -0.2) is 9.78 Å². The quantitative estimate of drug-likeness (QED) is 0.678. The summed E-state index contributed by atoms with van der Waals surface area (Å²) in [5.41, 5.74) is 0.0947. The van der Waals surface area contributed by atoms with E-state index in [4.69, 9.17) is 0 Å². The van der Waals surface area contributed by atoms with Gasteiger partial charge in [-0.1, -0.05) is 0 Å².